The number of carbonyl (C=O) groups excluding carboxylic acids is 7. The number of carboxylic acid groups (broad SMARTS) is 1. The first-order chi connectivity index (χ1) is 31.0. The minimum Gasteiger partial charge on any atom is -0.508 e. The van der Waals surface area contributed by atoms with Crippen LogP contribution in [0.15, 0.2) is 41.8 Å². The van der Waals surface area contributed by atoms with Crippen LogP contribution in [0.2, 0.25) is 0 Å². The Morgan fingerprint density at radius 3 is 2.29 bits per heavy atom. The third-order valence-electron chi connectivity index (χ3n) is 10.4. The first-order valence-electron chi connectivity index (χ1n) is 21.0. The van der Waals surface area contributed by atoms with Crippen molar-refractivity contribution in [3.8, 4) is 5.75 Å². The van der Waals surface area contributed by atoms with Gasteiger partial charge in [0.1, 0.15) is 48.0 Å². The molecule has 23 nitrogen and oxygen atoms in total. The summed E-state index contributed by atoms with van der Waals surface area (Å²) in [5, 5.41) is 38.8. The number of aliphatic carboxylic acids is 1. The number of hydrogen-bond acceptors (Lipinski definition) is 14. The van der Waals surface area contributed by atoms with E-state index in [9.17, 15) is 48.6 Å². The van der Waals surface area contributed by atoms with Crippen molar-refractivity contribution in [2.75, 3.05) is 38.2 Å². The lowest BCUT2D eigenvalue weighted by Crippen LogP contribution is -2.61. The Morgan fingerprint density at radius 1 is 0.938 bits per heavy atom. The number of likely N-dealkylation sites (N-methyl/N-ethyl adjacent to an activating group) is 1. The second-order valence-electron chi connectivity index (χ2n) is 15.8. The number of aromatic hydroxyl groups is 1. The highest BCUT2D eigenvalue weighted by Gasteiger charge is 2.41. The summed E-state index contributed by atoms with van der Waals surface area (Å²) in [6, 6.07) is -3.08. The number of benzene rings is 1. The number of amides is 7. The van der Waals surface area contributed by atoms with E-state index in [1.165, 1.54) is 29.6 Å². The number of phenolic OH excluding ortho intramolecular Hbond substituents is 1. The molecule has 7 atom stereocenters. The number of phenols is 1. The molecule has 0 aliphatic carbocycles. The van der Waals surface area contributed by atoms with Crippen LogP contribution in [0.5, 0.6) is 5.75 Å². The molecule has 0 saturated carbocycles. The van der Waals surface area contributed by atoms with Gasteiger partial charge in [0.05, 0.1) is 12.9 Å². The molecule has 0 radical (unpaired) electrons. The van der Waals surface area contributed by atoms with Gasteiger partial charge < -0.3 is 68.8 Å². The van der Waals surface area contributed by atoms with E-state index in [-0.39, 0.29) is 75.0 Å². The molecule has 1 unspecified atom stereocenters. The molecule has 0 bridgehead atoms. The molecule has 1 aromatic carbocycles. The topological polar surface area (TPSA) is 358 Å². The number of carbonyl (C=O) groups is 8. The number of carboxylic acids is 1. The highest BCUT2D eigenvalue weighted by Crippen LogP contribution is 2.25. The van der Waals surface area contributed by atoms with Crippen LogP contribution < -0.4 is 48.7 Å². The predicted octanol–water partition coefficient (Wildman–Crippen LogP) is -2.79. The van der Waals surface area contributed by atoms with Crippen molar-refractivity contribution in [1.82, 2.24) is 52.1 Å². The molecule has 2 aromatic rings. The molecular weight excluding hydrogens is 887 g/mol. The van der Waals surface area contributed by atoms with Crippen LogP contribution >= 0.6 is 21.6 Å². The van der Waals surface area contributed by atoms with Crippen molar-refractivity contribution < 1.29 is 48.6 Å². The van der Waals surface area contributed by atoms with Crippen molar-refractivity contribution in [3.63, 3.8) is 0 Å². The highest BCUT2D eigenvalue weighted by molar-refractivity contribution is 8.76. The number of hydrogen-bond donors (Lipinski definition) is 12. The fourth-order valence-corrected chi connectivity index (χ4v) is 9.35. The molecule has 25 heteroatoms. The van der Waals surface area contributed by atoms with E-state index in [0.29, 0.717) is 17.7 Å². The number of nitrogens with zero attached hydrogens (tertiary/aromatic N) is 3. The molecule has 4 rings (SSSR count). The Labute approximate surface area is 383 Å². The fraction of sp³-hybridized carbons (Fsp3) is 0.550. The van der Waals surface area contributed by atoms with E-state index in [2.05, 4.69) is 52.2 Å². The van der Waals surface area contributed by atoms with Crippen LogP contribution in [0.4, 0.5) is 0 Å². The molecular formula is C40H59N13O10S2. The Balaban J connectivity index is 1.73. The second-order valence-corrected chi connectivity index (χ2v) is 18.4. The number of rotatable bonds is 15. The maximum Gasteiger partial charge on any atom is 0.327 e. The van der Waals surface area contributed by atoms with Gasteiger partial charge in [-0.3, -0.25) is 38.6 Å². The van der Waals surface area contributed by atoms with Crippen LogP contribution in [0.25, 0.3) is 0 Å². The summed E-state index contributed by atoms with van der Waals surface area (Å²) in [7, 11) is 3.53. The monoisotopic (exact) mass is 945 g/mol. The molecule has 7 amide bonds. The summed E-state index contributed by atoms with van der Waals surface area (Å²) >= 11 is 0. The van der Waals surface area contributed by atoms with Crippen LogP contribution in [0.1, 0.15) is 50.8 Å². The molecule has 2 saturated heterocycles. The summed E-state index contributed by atoms with van der Waals surface area (Å²) in [5.41, 5.74) is 11.9. The number of fused-ring (bicyclic) bond motifs is 1. The lowest BCUT2D eigenvalue weighted by atomic mass is 9.99. The second kappa shape index (κ2) is 25.4. The van der Waals surface area contributed by atoms with E-state index in [1.54, 1.807) is 33.0 Å². The minimum atomic E-state index is -1.44. The zero-order valence-electron chi connectivity index (χ0n) is 36.3. The number of nitrogens with one attached hydrogen (secondary N) is 8. The zero-order valence-corrected chi connectivity index (χ0v) is 38.0. The Morgan fingerprint density at radius 2 is 1.65 bits per heavy atom. The standard InChI is InChI=1S/C40H59N13O10S2/c1-21(2)32-37(60)49-27(15-23-16-44-20-46-23)38(61)53-13-5-7-30(53)36(59)51-29(39(62)63)19-65-64-18-28(35(58)48-26(34(57)52-32)14-22-8-10-24(54)11-9-22)50-33(56)25(47-31(55)17-43-3)6-4-12-45-40(41)42/h8-11,16,20-21,25-30,32,43,54H,4-7,12-15,17-19H2,1-3H3,(H,44,46)(H,47,55)(H,48,58)(H,49,60)(H,50,56)(H,51,59)(H,52,57)(H,62,63)(H4,41,42,45)/t25-,26-,27-,28-,29-,30-,32?/m0/s1. The van der Waals surface area contributed by atoms with Gasteiger partial charge >= 0.3 is 5.97 Å². The first-order valence-corrected chi connectivity index (χ1v) is 23.5. The number of guanidine groups is 1. The number of aliphatic imine (C=N–C) groups is 1. The molecule has 1 aromatic heterocycles. The summed E-state index contributed by atoms with van der Waals surface area (Å²) in [5.74, 6) is -7.52. The first kappa shape index (κ1) is 51.6. The van der Waals surface area contributed by atoms with Crippen molar-refractivity contribution in [3.05, 3.63) is 48.0 Å². The van der Waals surface area contributed by atoms with Crippen molar-refractivity contribution in [2.24, 2.45) is 22.4 Å². The number of imidazole rings is 1. The summed E-state index contributed by atoms with van der Waals surface area (Å²) in [4.78, 5) is 122. The van der Waals surface area contributed by atoms with Gasteiger partial charge in [-0.1, -0.05) is 47.6 Å². The normalized spacial score (nSPS) is 23.2. The maximum absolute atomic E-state index is 14.3. The SMILES string of the molecule is CNCC(=O)N[C@@H](CCCN=C(N)N)C(=O)N[C@H]1CSSC[C@@H](C(=O)O)NC(=O)[C@@H]2CCCN2C(=O)[C@H](Cc2cnc[nH]2)NC(=O)C(C(C)C)NC(=O)[C@H](Cc2ccc(O)cc2)NC1=O. The van der Waals surface area contributed by atoms with Crippen molar-refractivity contribution >= 4 is 74.9 Å². The average Bonchev–Trinajstić information content (AvgIpc) is 3.97. The lowest BCUT2D eigenvalue weighted by molar-refractivity contribution is -0.144. The van der Waals surface area contributed by atoms with E-state index >= 15 is 0 Å². The highest BCUT2D eigenvalue weighted by atomic mass is 33.1. The quantitative estimate of drug-likeness (QED) is 0.0372. The van der Waals surface area contributed by atoms with E-state index in [4.69, 9.17) is 11.5 Å². The third-order valence-corrected chi connectivity index (χ3v) is 12.8. The third kappa shape index (κ3) is 16.1. The van der Waals surface area contributed by atoms with Gasteiger partial charge in [0.25, 0.3) is 0 Å². The largest absolute Gasteiger partial charge is 0.508 e. The van der Waals surface area contributed by atoms with E-state index in [0.717, 1.165) is 21.6 Å². The average molecular weight is 946 g/mol. The number of aromatic amines is 1. The van der Waals surface area contributed by atoms with Gasteiger partial charge in [-0.05, 0) is 56.3 Å². The van der Waals surface area contributed by atoms with Gasteiger partial charge in [-0.15, -0.1) is 0 Å². The number of H-pyrrole nitrogens is 1. The predicted molar refractivity (Wildman–Crippen MR) is 242 cm³/mol. The molecule has 356 valence electrons. The Kier molecular flexibility index (Phi) is 20.2. The summed E-state index contributed by atoms with van der Waals surface area (Å²) in [6.07, 6.45) is 3.64. The van der Waals surface area contributed by atoms with Crippen LogP contribution in [-0.4, -0.2) is 159 Å². The van der Waals surface area contributed by atoms with Crippen LogP contribution in [-0.2, 0) is 51.2 Å². The van der Waals surface area contributed by atoms with Gasteiger partial charge in [-0.25, -0.2) is 9.78 Å². The van der Waals surface area contributed by atoms with Gasteiger partial charge in [0, 0.05) is 49.3 Å². The molecule has 14 N–H and O–H groups in total. The molecule has 2 fully saturated rings. The fourth-order valence-electron chi connectivity index (χ4n) is 7.03. The Bertz CT molecular complexity index is 2000. The van der Waals surface area contributed by atoms with Gasteiger partial charge in [0.2, 0.25) is 41.4 Å². The zero-order chi connectivity index (χ0) is 47.6. The molecule has 0 spiro atoms. The summed E-state index contributed by atoms with van der Waals surface area (Å²) in [6.45, 7) is 3.51. The van der Waals surface area contributed by atoms with Gasteiger partial charge in [0.15, 0.2) is 5.96 Å². The van der Waals surface area contributed by atoms with Crippen LogP contribution in [0, 0.1) is 5.92 Å². The number of aromatic nitrogens is 2. The van der Waals surface area contributed by atoms with Crippen LogP contribution in [0.3, 0.4) is 0 Å². The molecule has 65 heavy (non-hydrogen) atoms. The smallest absolute Gasteiger partial charge is 0.327 e. The van der Waals surface area contributed by atoms with E-state index < -0.39 is 95.5 Å². The lowest BCUT2D eigenvalue weighted by Gasteiger charge is -2.31. The molecule has 2 aliphatic heterocycles. The van der Waals surface area contributed by atoms with Crippen molar-refractivity contribution in [2.45, 2.75) is 94.7 Å². The van der Waals surface area contributed by atoms with Crippen molar-refractivity contribution in [1.29, 1.82) is 0 Å². The maximum atomic E-state index is 14.3. The molecule has 2 aliphatic rings. The number of nitrogens with two attached hydrogens (primary N) is 2. The Hall–Kier alpha value is -6.08. The van der Waals surface area contributed by atoms with Gasteiger partial charge in [-0.2, -0.15) is 0 Å². The van der Waals surface area contributed by atoms with E-state index in [1.807, 2.05) is 0 Å². The minimum absolute atomic E-state index is 0.0499. The molecule has 3 heterocycles. The summed E-state index contributed by atoms with van der Waals surface area (Å²) < 4.78 is 0.